The van der Waals surface area contributed by atoms with E-state index in [0.717, 1.165) is 43.0 Å². The molecule has 0 spiro atoms. The molecule has 5 nitrogen and oxygen atoms in total. The molecule has 3 rings (SSSR count). The number of hydrogen-bond donors (Lipinski definition) is 3. The maximum Gasteiger partial charge on any atom is 0.417 e. The van der Waals surface area contributed by atoms with Crippen molar-refractivity contribution in [1.82, 2.24) is 15.5 Å². The molecule has 0 unspecified atom stereocenters. The van der Waals surface area contributed by atoms with Crippen molar-refractivity contribution >= 4 is 29.3 Å². The first-order valence-corrected chi connectivity index (χ1v) is 11.4. The van der Waals surface area contributed by atoms with Crippen molar-refractivity contribution in [1.29, 1.82) is 5.41 Å². The Bertz CT molecular complexity index is 1070. The molecule has 2 atom stereocenters. The van der Waals surface area contributed by atoms with E-state index in [9.17, 15) is 18.0 Å². The van der Waals surface area contributed by atoms with Crippen LogP contribution in [0.5, 0.6) is 0 Å². The van der Waals surface area contributed by atoms with Crippen LogP contribution in [0.25, 0.3) is 5.57 Å². The second-order valence-corrected chi connectivity index (χ2v) is 8.70. The predicted molar refractivity (Wildman–Crippen MR) is 129 cm³/mol. The van der Waals surface area contributed by atoms with E-state index < -0.39 is 28.7 Å². The lowest BCUT2D eigenvalue weighted by Gasteiger charge is -2.39. The van der Waals surface area contributed by atoms with Crippen molar-refractivity contribution in [2.75, 3.05) is 20.6 Å². The quantitative estimate of drug-likeness (QED) is 0.445. The summed E-state index contributed by atoms with van der Waals surface area (Å²) in [6.07, 6.45) is 1.12. The standard InChI is InChI=1S/C25H28ClF3N4O/c1-31-15-18(14-30)16-7-5-8-17(13-16)23(21-11-3-4-12-33(21)2)32-24(34)19-9-6-10-20(22(19)26)25(27,28)29/h5-10,13-15,21,23,30-31H,3-4,11-12H2,1-2H3,(H,32,34)/b18-15+,30-14?/t21-,23-/m0/s1. The SMILES string of the molecule is CN/C=C(\C=N)c1cccc([C@H](NC(=O)c2cccc(C(F)(F)F)c2Cl)[C@@H]2CCCCN2C)c1. The minimum absolute atomic E-state index is 0.0470. The highest BCUT2D eigenvalue weighted by molar-refractivity contribution is 6.34. The van der Waals surface area contributed by atoms with Gasteiger partial charge in [-0.25, -0.2) is 0 Å². The Kier molecular flexibility index (Phi) is 8.38. The minimum Gasteiger partial charge on any atom is -0.393 e. The molecule has 34 heavy (non-hydrogen) atoms. The van der Waals surface area contributed by atoms with Crippen LogP contribution in [0.3, 0.4) is 0 Å². The molecule has 1 aliphatic rings. The van der Waals surface area contributed by atoms with Crippen molar-refractivity contribution in [2.45, 2.75) is 37.5 Å². The van der Waals surface area contributed by atoms with Crippen LogP contribution in [-0.2, 0) is 6.18 Å². The van der Waals surface area contributed by atoms with Crippen molar-refractivity contribution in [3.05, 3.63) is 75.9 Å². The van der Waals surface area contributed by atoms with E-state index in [1.54, 1.807) is 13.2 Å². The monoisotopic (exact) mass is 492 g/mol. The number of carbonyl (C=O) groups is 1. The number of benzene rings is 2. The Balaban J connectivity index is 2.01. The maximum atomic E-state index is 13.3. The Morgan fingerprint density at radius 2 is 1.97 bits per heavy atom. The van der Waals surface area contributed by atoms with E-state index in [4.69, 9.17) is 17.0 Å². The maximum absolute atomic E-state index is 13.3. The summed E-state index contributed by atoms with van der Waals surface area (Å²) in [4.78, 5) is 15.4. The zero-order valence-electron chi connectivity index (χ0n) is 19.0. The van der Waals surface area contributed by atoms with E-state index in [0.29, 0.717) is 5.57 Å². The van der Waals surface area contributed by atoms with Crippen molar-refractivity contribution in [3.8, 4) is 0 Å². The fourth-order valence-electron chi connectivity index (χ4n) is 4.34. The summed E-state index contributed by atoms with van der Waals surface area (Å²) in [6.45, 7) is 0.854. The van der Waals surface area contributed by atoms with Gasteiger partial charge >= 0.3 is 6.18 Å². The molecule has 1 aliphatic heterocycles. The molecular weight excluding hydrogens is 465 g/mol. The molecule has 9 heteroatoms. The van der Waals surface area contributed by atoms with Gasteiger partial charge < -0.3 is 20.9 Å². The van der Waals surface area contributed by atoms with E-state index >= 15 is 0 Å². The molecule has 2 aromatic rings. The third kappa shape index (κ3) is 5.80. The molecular formula is C25H28ClF3N4O. The average molecular weight is 493 g/mol. The Morgan fingerprint density at radius 3 is 2.62 bits per heavy atom. The number of amides is 1. The molecule has 1 heterocycles. The number of likely N-dealkylation sites (tertiary alicyclic amines) is 1. The number of nitrogens with zero attached hydrogens (tertiary/aromatic N) is 1. The van der Waals surface area contributed by atoms with Gasteiger partial charge in [0.15, 0.2) is 0 Å². The molecule has 1 amide bonds. The van der Waals surface area contributed by atoms with Gasteiger partial charge in [0.1, 0.15) is 0 Å². The average Bonchev–Trinajstić information content (AvgIpc) is 2.81. The van der Waals surface area contributed by atoms with Crippen LogP contribution in [0.1, 0.15) is 52.4 Å². The van der Waals surface area contributed by atoms with E-state index in [2.05, 4.69) is 15.5 Å². The summed E-state index contributed by atoms with van der Waals surface area (Å²) < 4.78 is 40.0. The van der Waals surface area contributed by atoms with E-state index in [-0.39, 0.29) is 11.6 Å². The van der Waals surface area contributed by atoms with Crippen LogP contribution in [0.2, 0.25) is 5.02 Å². The zero-order valence-corrected chi connectivity index (χ0v) is 19.8. The lowest BCUT2D eigenvalue weighted by molar-refractivity contribution is -0.137. The first-order valence-electron chi connectivity index (χ1n) is 11.0. The first kappa shape index (κ1) is 25.8. The van der Waals surface area contributed by atoms with Crippen LogP contribution in [0, 0.1) is 5.41 Å². The van der Waals surface area contributed by atoms with Gasteiger partial charge in [-0.3, -0.25) is 4.79 Å². The van der Waals surface area contributed by atoms with Gasteiger partial charge in [0.2, 0.25) is 0 Å². The van der Waals surface area contributed by atoms with Crippen LogP contribution in [-0.4, -0.2) is 43.7 Å². The molecule has 0 aromatic heterocycles. The topological polar surface area (TPSA) is 68.2 Å². The predicted octanol–water partition coefficient (Wildman–Crippen LogP) is 5.52. The van der Waals surface area contributed by atoms with Gasteiger partial charge in [-0.15, -0.1) is 0 Å². The van der Waals surface area contributed by atoms with Crippen LogP contribution >= 0.6 is 11.6 Å². The Morgan fingerprint density at radius 1 is 1.24 bits per heavy atom. The number of rotatable bonds is 7. The minimum atomic E-state index is -4.66. The van der Waals surface area contributed by atoms with Gasteiger partial charge in [0.05, 0.1) is 22.2 Å². The highest BCUT2D eigenvalue weighted by atomic mass is 35.5. The molecule has 0 radical (unpaired) electrons. The van der Waals surface area contributed by atoms with E-state index in [1.165, 1.54) is 18.3 Å². The number of allylic oxidation sites excluding steroid dienone is 1. The molecule has 0 aliphatic carbocycles. The molecule has 3 N–H and O–H groups in total. The highest BCUT2D eigenvalue weighted by Crippen LogP contribution is 2.37. The summed E-state index contributed by atoms with van der Waals surface area (Å²) in [5.74, 6) is -0.663. The fourth-order valence-corrected chi connectivity index (χ4v) is 4.66. The number of halogens is 4. The van der Waals surface area contributed by atoms with Gasteiger partial charge in [-0.05, 0) is 55.8 Å². The molecule has 2 aromatic carbocycles. The normalized spacial score (nSPS) is 18.3. The fraction of sp³-hybridized carbons (Fsp3) is 0.360. The summed E-state index contributed by atoms with van der Waals surface area (Å²) in [6, 6.07) is 10.3. The summed E-state index contributed by atoms with van der Waals surface area (Å²) in [5, 5.41) is 13.0. The lowest BCUT2D eigenvalue weighted by atomic mass is 9.89. The van der Waals surface area contributed by atoms with Crippen LogP contribution in [0.4, 0.5) is 13.2 Å². The van der Waals surface area contributed by atoms with Crippen molar-refractivity contribution in [2.24, 2.45) is 0 Å². The van der Waals surface area contributed by atoms with Crippen molar-refractivity contribution < 1.29 is 18.0 Å². The van der Waals surface area contributed by atoms with E-state index in [1.807, 2.05) is 31.3 Å². The molecule has 0 bridgehead atoms. The molecule has 1 saturated heterocycles. The second-order valence-electron chi connectivity index (χ2n) is 8.32. The number of piperidine rings is 1. The summed E-state index contributed by atoms with van der Waals surface area (Å²) in [7, 11) is 3.72. The number of hydrogen-bond acceptors (Lipinski definition) is 4. The smallest absolute Gasteiger partial charge is 0.393 e. The molecule has 1 fully saturated rings. The lowest BCUT2D eigenvalue weighted by Crippen LogP contribution is -2.47. The zero-order chi connectivity index (χ0) is 24.9. The van der Waals surface area contributed by atoms with Gasteiger partial charge in [0.25, 0.3) is 5.91 Å². The first-order chi connectivity index (χ1) is 16.2. The summed E-state index contributed by atoms with van der Waals surface area (Å²) >= 11 is 6.02. The summed E-state index contributed by atoms with van der Waals surface area (Å²) in [5.41, 5.74) is 0.995. The third-order valence-corrected chi connectivity index (χ3v) is 6.49. The van der Waals surface area contributed by atoms with Gasteiger partial charge in [-0.2, -0.15) is 13.2 Å². The number of carbonyl (C=O) groups excluding carboxylic acids is 1. The highest BCUT2D eigenvalue weighted by Gasteiger charge is 2.36. The third-order valence-electron chi connectivity index (χ3n) is 6.08. The van der Waals surface area contributed by atoms with Crippen molar-refractivity contribution in [3.63, 3.8) is 0 Å². The molecule has 0 saturated carbocycles. The van der Waals surface area contributed by atoms with Crippen LogP contribution < -0.4 is 10.6 Å². The number of likely N-dealkylation sites (N-methyl/N-ethyl adjacent to an activating group) is 1. The largest absolute Gasteiger partial charge is 0.417 e. The second kappa shape index (κ2) is 11.1. The number of nitrogens with one attached hydrogen (secondary N) is 3. The van der Waals surface area contributed by atoms with Gasteiger partial charge in [0, 0.05) is 31.1 Å². The number of alkyl halides is 3. The Labute approximate surface area is 202 Å². The van der Waals surface area contributed by atoms with Gasteiger partial charge in [-0.1, -0.05) is 42.3 Å². The van der Waals surface area contributed by atoms with Crippen LogP contribution in [0.15, 0.2) is 48.7 Å². The Hall–Kier alpha value is -2.84. The molecule has 182 valence electrons.